The monoisotopic (exact) mass is 555 g/mol. The maximum absolute atomic E-state index is 13.8. The van der Waals surface area contributed by atoms with Crippen LogP contribution in [0.15, 0.2) is 23.5 Å². The number of carboxylic acid groups (broad SMARTS) is 1. The fraction of sp³-hybridized carbons (Fsp3) is 0.560. The smallest absolute Gasteiger partial charge is 0.307 e. The fourth-order valence-corrected chi connectivity index (χ4v) is 6.05. The molecule has 3 aliphatic rings. The highest BCUT2D eigenvalue weighted by atomic mass is 35.5. The molecular weight excluding hydrogens is 524 g/mol. The van der Waals surface area contributed by atoms with E-state index in [1.807, 2.05) is 0 Å². The first-order valence-corrected chi connectivity index (χ1v) is 12.9. The van der Waals surface area contributed by atoms with Gasteiger partial charge in [-0.05, 0) is 43.4 Å². The van der Waals surface area contributed by atoms with E-state index in [1.54, 1.807) is 21.9 Å². The number of nitrogens with zero attached hydrogens (tertiary/aromatic N) is 3. The molecule has 38 heavy (non-hydrogen) atoms. The summed E-state index contributed by atoms with van der Waals surface area (Å²) < 4.78 is 32.9. The molecule has 2 fully saturated rings. The second kappa shape index (κ2) is 11.3. The Bertz CT molecular complexity index is 1140. The first-order valence-electron chi connectivity index (χ1n) is 12.5. The Morgan fingerprint density at radius 1 is 1.21 bits per heavy atom. The Hall–Kier alpha value is -3.12. The zero-order valence-corrected chi connectivity index (χ0v) is 21.8. The SMILES string of the molecule is CN(N)/C(=C(\N)COc1ccc(Cl)c2c1C(N1CCCC1=O)N(C(=O)[C@H]1CCC[C@H]1C(=O)O)CC2)C(F)F. The number of aliphatic carboxylic acids is 1. The number of hydrazine groups is 1. The number of ether oxygens (including phenoxy) is 1. The van der Waals surface area contributed by atoms with Gasteiger partial charge in [-0.1, -0.05) is 18.0 Å². The Balaban J connectivity index is 1.75. The number of hydrogen-bond acceptors (Lipinski definition) is 7. The minimum Gasteiger partial charge on any atom is -0.487 e. The molecule has 208 valence electrons. The zero-order valence-electron chi connectivity index (χ0n) is 21.0. The van der Waals surface area contributed by atoms with Crippen LogP contribution < -0.4 is 16.3 Å². The number of carbonyl (C=O) groups is 3. The highest BCUT2D eigenvalue weighted by molar-refractivity contribution is 6.31. The van der Waals surface area contributed by atoms with Gasteiger partial charge in [0.1, 0.15) is 24.2 Å². The van der Waals surface area contributed by atoms with Crippen molar-refractivity contribution in [3.8, 4) is 5.75 Å². The molecular formula is C25H32ClF2N5O5. The molecule has 1 aliphatic carbocycles. The molecule has 1 saturated heterocycles. The van der Waals surface area contributed by atoms with Crippen LogP contribution in [-0.2, 0) is 20.8 Å². The van der Waals surface area contributed by atoms with Crippen molar-refractivity contribution in [2.24, 2.45) is 23.4 Å². The van der Waals surface area contributed by atoms with E-state index in [9.17, 15) is 28.3 Å². The Kier molecular flexibility index (Phi) is 8.31. The van der Waals surface area contributed by atoms with Gasteiger partial charge in [-0.2, -0.15) is 0 Å². The molecule has 2 amide bonds. The van der Waals surface area contributed by atoms with E-state index in [0.29, 0.717) is 61.2 Å². The first kappa shape index (κ1) is 27.9. The normalized spacial score (nSPS) is 23.9. The van der Waals surface area contributed by atoms with Crippen molar-refractivity contribution in [2.45, 2.75) is 51.1 Å². The summed E-state index contributed by atoms with van der Waals surface area (Å²) >= 11 is 6.54. The van der Waals surface area contributed by atoms with Crippen molar-refractivity contribution in [1.29, 1.82) is 0 Å². The largest absolute Gasteiger partial charge is 0.487 e. The number of benzene rings is 1. The average molecular weight is 556 g/mol. The summed E-state index contributed by atoms with van der Waals surface area (Å²) in [6, 6.07) is 3.16. The zero-order chi connectivity index (χ0) is 27.7. The summed E-state index contributed by atoms with van der Waals surface area (Å²) in [5, 5.41) is 10.8. The van der Waals surface area contributed by atoms with E-state index < -0.39 is 42.7 Å². The third-order valence-electron chi connectivity index (χ3n) is 7.55. The van der Waals surface area contributed by atoms with Gasteiger partial charge in [-0.25, -0.2) is 14.6 Å². The van der Waals surface area contributed by atoms with E-state index in [1.165, 1.54) is 7.05 Å². The van der Waals surface area contributed by atoms with Crippen molar-refractivity contribution in [1.82, 2.24) is 14.8 Å². The van der Waals surface area contributed by atoms with E-state index in [4.69, 9.17) is 27.9 Å². The summed E-state index contributed by atoms with van der Waals surface area (Å²) in [4.78, 5) is 41.7. The van der Waals surface area contributed by atoms with E-state index >= 15 is 0 Å². The molecule has 10 nitrogen and oxygen atoms in total. The van der Waals surface area contributed by atoms with Gasteiger partial charge in [0, 0.05) is 37.1 Å². The Labute approximate surface area is 224 Å². The molecule has 0 bridgehead atoms. The van der Waals surface area contributed by atoms with Gasteiger partial charge in [0.25, 0.3) is 6.43 Å². The molecule has 0 aromatic heterocycles. The molecule has 5 N–H and O–H groups in total. The van der Waals surface area contributed by atoms with Crippen LogP contribution in [-0.4, -0.2) is 70.9 Å². The molecule has 1 aromatic rings. The molecule has 3 atom stereocenters. The van der Waals surface area contributed by atoms with Gasteiger partial charge in [0.15, 0.2) is 0 Å². The van der Waals surface area contributed by atoms with Crippen LogP contribution >= 0.6 is 11.6 Å². The number of rotatable bonds is 8. The van der Waals surface area contributed by atoms with Crippen LogP contribution in [0.4, 0.5) is 8.78 Å². The summed E-state index contributed by atoms with van der Waals surface area (Å²) in [6.45, 7) is 0.205. The third kappa shape index (κ3) is 5.24. The van der Waals surface area contributed by atoms with Gasteiger partial charge in [-0.3, -0.25) is 14.4 Å². The molecule has 0 radical (unpaired) electrons. The van der Waals surface area contributed by atoms with Crippen LogP contribution in [0.2, 0.25) is 5.02 Å². The molecule has 1 saturated carbocycles. The van der Waals surface area contributed by atoms with Crippen LogP contribution in [0.5, 0.6) is 5.75 Å². The summed E-state index contributed by atoms with van der Waals surface area (Å²) in [5.41, 5.74) is 6.18. The van der Waals surface area contributed by atoms with Crippen molar-refractivity contribution < 1.29 is 33.0 Å². The topological polar surface area (TPSA) is 142 Å². The number of fused-ring (bicyclic) bond motifs is 1. The number of allylic oxidation sites excluding steroid dienone is 1. The predicted octanol–water partition coefficient (Wildman–Crippen LogP) is 2.47. The lowest BCUT2D eigenvalue weighted by Gasteiger charge is -2.44. The Morgan fingerprint density at radius 3 is 2.53 bits per heavy atom. The fourth-order valence-electron chi connectivity index (χ4n) is 5.79. The first-order chi connectivity index (χ1) is 18.0. The minimum absolute atomic E-state index is 0.156. The van der Waals surface area contributed by atoms with E-state index in [-0.39, 0.29) is 29.8 Å². The molecule has 0 spiro atoms. The number of halogens is 3. The summed E-state index contributed by atoms with van der Waals surface area (Å²) in [6.07, 6.45) is -1.06. The van der Waals surface area contributed by atoms with E-state index in [2.05, 4.69) is 0 Å². The van der Waals surface area contributed by atoms with Crippen molar-refractivity contribution in [3.63, 3.8) is 0 Å². The quantitative estimate of drug-likeness (QED) is 0.328. The molecule has 2 aliphatic heterocycles. The lowest BCUT2D eigenvalue weighted by atomic mass is 9.90. The van der Waals surface area contributed by atoms with Gasteiger partial charge < -0.3 is 30.4 Å². The predicted molar refractivity (Wildman–Crippen MR) is 134 cm³/mol. The van der Waals surface area contributed by atoms with E-state index in [0.717, 1.165) is 5.01 Å². The van der Waals surface area contributed by atoms with Crippen LogP contribution in [0, 0.1) is 11.8 Å². The van der Waals surface area contributed by atoms with Gasteiger partial charge in [-0.15, -0.1) is 0 Å². The van der Waals surface area contributed by atoms with Gasteiger partial charge >= 0.3 is 5.97 Å². The maximum Gasteiger partial charge on any atom is 0.307 e. The number of amides is 2. The molecule has 13 heteroatoms. The lowest BCUT2D eigenvalue weighted by Crippen LogP contribution is -2.51. The number of carbonyl (C=O) groups excluding carboxylic acids is 2. The molecule has 4 rings (SSSR count). The highest BCUT2D eigenvalue weighted by Gasteiger charge is 2.46. The molecule has 1 aromatic carbocycles. The molecule has 1 unspecified atom stereocenters. The molecule has 2 heterocycles. The van der Waals surface area contributed by atoms with Crippen LogP contribution in [0.1, 0.15) is 49.4 Å². The summed E-state index contributed by atoms with van der Waals surface area (Å²) in [5.74, 6) is 2.76. The standard InChI is InChI=1S/C25H32ClF2N5O5/c1-31(30)21(22(27)28)17(29)12-38-18-8-7-16(26)15-9-11-33(23(20(15)18)32-10-3-6-19(32)34)24(35)13-4-2-5-14(13)25(36)37/h7-8,13-14,22-23H,2-6,9-12,29-30H2,1H3,(H,36,37)/b21-17-/t13-,14+,23?/m0/s1. The maximum atomic E-state index is 13.8. The van der Waals surface area contributed by atoms with Gasteiger partial charge in [0.05, 0.1) is 17.5 Å². The van der Waals surface area contributed by atoms with Crippen molar-refractivity contribution >= 4 is 29.4 Å². The lowest BCUT2D eigenvalue weighted by molar-refractivity contribution is -0.154. The number of hydrogen-bond donors (Lipinski definition) is 3. The second-order valence-corrected chi connectivity index (χ2v) is 10.3. The Morgan fingerprint density at radius 2 is 1.92 bits per heavy atom. The third-order valence-corrected chi connectivity index (χ3v) is 7.91. The number of likely N-dealkylation sites (tertiary alicyclic amines) is 1. The average Bonchev–Trinajstić information content (AvgIpc) is 3.51. The van der Waals surface area contributed by atoms with Crippen molar-refractivity contribution in [2.75, 3.05) is 26.7 Å². The van der Waals surface area contributed by atoms with Crippen LogP contribution in [0.3, 0.4) is 0 Å². The number of nitrogens with two attached hydrogens (primary N) is 2. The highest BCUT2D eigenvalue weighted by Crippen LogP contribution is 2.45. The summed E-state index contributed by atoms with van der Waals surface area (Å²) in [7, 11) is 1.24. The van der Waals surface area contributed by atoms with Gasteiger partial charge in [0.2, 0.25) is 11.8 Å². The minimum atomic E-state index is -2.93. The number of carboxylic acids is 1. The van der Waals surface area contributed by atoms with Crippen LogP contribution in [0.25, 0.3) is 0 Å². The van der Waals surface area contributed by atoms with Crippen molar-refractivity contribution in [3.05, 3.63) is 39.7 Å². The second-order valence-electron chi connectivity index (χ2n) is 9.88. The number of alkyl halides is 2.